The van der Waals surface area contributed by atoms with Gasteiger partial charge in [0, 0.05) is 13.1 Å². The fraction of sp³-hybridized carbons (Fsp3) is 0.750. The van der Waals surface area contributed by atoms with E-state index < -0.39 is 0 Å². The molecule has 1 atom stereocenters. The molecule has 1 aromatic rings. The van der Waals surface area contributed by atoms with Gasteiger partial charge in [0.25, 0.3) is 0 Å². The number of rotatable bonds is 2. The maximum absolute atomic E-state index is 4.26. The number of nitrogens with zero attached hydrogens (tertiary/aromatic N) is 2. The van der Waals surface area contributed by atoms with Crippen LogP contribution in [0.2, 0.25) is 0 Å². The first-order chi connectivity index (χ1) is 7.00. The maximum atomic E-state index is 4.26. The van der Waals surface area contributed by atoms with Crippen LogP contribution >= 0.6 is 0 Å². The van der Waals surface area contributed by atoms with Crippen LogP contribution in [-0.4, -0.2) is 15.8 Å². The molecule has 0 amide bonds. The summed E-state index contributed by atoms with van der Waals surface area (Å²) in [4.78, 5) is 0. The van der Waals surface area contributed by atoms with E-state index in [1.54, 1.807) is 0 Å². The smallest absolute Gasteiger partial charge is 0.0758 e. The topological polar surface area (TPSA) is 29.9 Å². The van der Waals surface area contributed by atoms with Crippen LogP contribution in [0.15, 0.2) is 6.20 Å². The summed E-state index contributed by atoms with van der Waals surface area (Å²) in [5.41, 5.74) is 2.83. The molecule has 0 radical (unpaired) electrons. The van der Waals surface area contributed by atoms with Crippen molar-refractivity contribution in [1.29, 1.82) is 0 Å². The second-order valence-electron chi connectivity index (χ2n) is 5.34. The number of hydrogen-bond acceptors (Lipinski definition) is 2. The first kappa shape index (κ1) is 10.5. The molecule has 2 rings (SSSR count). The number of aryl methyl sites for hydroxylation is 1. The third kappa shape index (κ3) is 1.87. The van der Waals surface area contributed by atoms with Gasteiger partial charge in [0.05, 0.1) is 17.6 Å². The Hall–Kier alpha value is -0.990. The van der Waals surface area contributed by atoms with Crippen molar-refractivity contribution in [1.82, 2.24) is 9.78 Å². The first-order valence-corrected chi connectivity index (χ1v) is 5.76. The molecule has 0 aliphatic heterocycles. The minimum Gasteiger partial charge on any atom is -0.379 e. The zero-order chi connectivity index (χ0) is 11.1. The molecule has 1 unspecified atom stereocenters. The van der Waals surface area contributed by atoms with Crippen LogP contribution in [0.25, 0.3) is 0 Å². The van der Waals surface area contributed by atoms with Crippen LogP contribution in [0.4, 0.5) is 5.69 Å². The van der Waals surface area contributed by atoms with E-state index >= 15 is 0 Å². The number of nitrogens with one attached hydrogen (secondary N) is 1. The molecular formula is C12H21N3. The fourth-order valence-corrected chi connectivity index (χ4v) is 2.42. The molecule has 1 saturated carbocycles. The first-order valence-electron chi connectivity index (χ1n) is 5.76. The molecule has 1 N–H and O–H groups in total. The second kappa shape index (κ2) is 3.54. The lowest BCUT2D eigenvalue weighted by molar-refractivity contribution is 0.350. The number of anilines is 1. The van der Waals surface area contributed by atoms with Crippen molar-refractivity contribution in [2.45, 2.75) is 46.1 Å². The van der Waals surface area contributed by atoms with Gasteiger partial charge in [-0.15, -0.1) is 0 Å². The van der Waals surface area contributed by atoms with Gasteiger partial charge in [0.15, 0.2) is 0 Å². The summed E-state index contributed by atoms with van der Waals surface area (Å²) in [5.74, 6) is 0. The monoisotopic (exact) mass is 207 g/mol. The maximum Gasteiger partial charge on any atom is 0.0758 e. The molecule has 3 nitrogen and oxygen atoms in total. The molecule has 1 aliphatic rings. The molecule has 0 spiro atoms. The molecule has 15 heavy (non-hydrogen) atoms. The Morgan fingerprint density at radius 3 is 2.73 bits per heavy atom. The van der Waals surface area contributed by atoms with Crippen molar-refractivity contribution >= 4 is 5.69 Å². The highest BCUT2D eigenvalue weighted by Gasteiger charge is 2.34. The van der Waals surface area contributed by atoms with Crippen LogP contribution in [0.1, 0.15) is 38.8 Å². The zero-order valence-corrected chi connectivity index (χ0v) is 10.2. The predicted molar refractivity (Wildman–Crippen MR) is 63.0 cm³/mol. The normalized spacial score (nSPS) is 24.4. The SMILES string of the molecule is Cc1c(NC2CCCC2(C)C)cnn1C. The van der Waals surface area contributed by atoms with Crippen molar-refractivity contribution in [2.24, 2.45) is 12.5 Å². The van der Waals surface area contributed by atoms with Gasteiger partial charge in [-0.05, 0) is 25.2 Å². The summed E-state index contributed by atoms with van der Waals surface area (Å²) >= 11 is 0. The van der Waals surface area contributed by atoms with E-state index in [0.29, 0.717) is 11.5 Å². The van der Waals surface area contributed by atoms with Crippen molar-refractivity contribution in [2.75, 3.05) is 5.32 Å². The van der Waals surface area contributed by atoms with E-state index in [1.807, 2.05) is 17.9 Å². The Morgan fingerprint density at radius 2 is 2.27 bits per heavy atom. The van der Waals surface area contributed by atoms with E-state index in [9.17, 15) is 0 Å². The van der Waals surface area contributed by atoms with E-state index in [1.165, 1.54) is 30.6 Å². The Balaban J connectivity index is 2.12. The molecule has 1 aliphatic carbocycles. The van der Waals surface area contributed by atoms with E-state index in [4.69, 9.17) is 0 Å². The lowest BCUT2D eigenvalue weighted by atomic mass is 9.87. The molecule has 1 aromatic heterocycles. The third-order valence-corrected chi connectivity index (χ3v) is 3.82. The summed E-state index contributed by atoms with van der Waals surface area (Å²) in [6, 6.07) is 0.598. The van der Waals surface area contributed by atoms with Crippen molar-refractivity contribution in [3.63, 3.8) is 0 Å². The molecule has 1 fully saturated rings. The van der Waals surface area contributed by atoms with E-state index in [0.717, 1.165) is 0 Å². The minimum atomic E-state index is 0.419. The minimum absolute atomic E-state index is 0.419. The Kier molecular flexibility index (Phi) is 2.49. The molecule has 1 heterocycles. The van der Waals surface area contributed by atoms with Gasteiger partial charge >= 0.3 is 0 Å². The summed E-state index contributed by atoms with van der Waals surface area (Å²) in [6.07, 6.45) is 5.87. The lowest BCUT2D eigenvalue weighted by Gasteiger charge is -2.28. The molecular weight excluding hydrogens is 186 g/mol. The Bertz CT molecular complexity index is 352. The van der Waals surface area contributed by atoms with Crippen LogP contribution < -0.4 is 5.32 Å². The van der Waals surface area contributed by atoms with Gasteiger partial charge in [0.2, 0.25) is 0 Å². The molecule has 84 valence electrons. The molecule has 0 aromatic carbocycles. The van der Waals surface area contributed by atoms with Crippen molar-refractivity contribution in [3.05, 3.63) is 11.9 Å². The Labute approximate surface area is 91.9 Å². The standard InChI is InChI=1S/C12H21N3/c1-9-10(8-13-15(9)4)14-11-6-5-7-12(11,2)3/h8,11,14H,5-7H2,1-4H3. The van der Waals surface area contributed by atoms with Crippen LogP contribution in [0.5, 0.6) is 0 Å². The van der Waals surface area contributed by atoms with Crippen molar-refractivity contribution in [3.8, 4) is 0 Å². The van der Waals surface area contributed by atoms with E-state index in [2.05, 4.69) is 31.2 Å². The fourth-order valence-electron chi connectivity index (χ4n) is 2.42. The van der Waals surface area contributed by atoms with Gasteiger partial charge in [-0.25, -0.2) is 0 Å². The van der Waals surface area contributed by atoms with Gasteiger partial charge in [-0.2, -0.15) is 5.10 Å². The molecule has 3 heteroatoms. The van der Waals surface area contributed by atoms with Gasteiger partial charge in [0.1, 0.15) is 0 Å². The average Bonchev–Trinajstić information content (AvgIpc) is 2.64. The average molecular weight is 207 g/mol. The van der Waals surface area contributed by atoms with Gasteiger partial charge < -0.3 is 5.32 Å². The largest absolute Gasteiger partial charge is 0.379 e. The zero-order valence-electron chi connectivity index (χ0n) is 10.2. The van der Waals surface area contributed by atoms with Crippen LogP contribution in [0, 0.1) is 12.3 Å². The van der Waals surface area contributed by atoms with Crippen LogP contribution in [0.3, 0.4) is 0 Å². The highest BCUT2D eigenvalue weighted by Crippen LogP contribution is 2.39. The predicted octanol–water partition coefficient (Wildman–Crippen LogP) is 2.72. The lowest BCUT2D eigenvalue weighted by Crippen LogP contribution is -2.30. The van der Waals surface area contributed by atoms with Crippen molar-refractivity contribution < 1.29 is 0 Å². The van der Waals surface area contributed by atoms with Gasteiger partial charge in [-0.1, -0.05) is 20.3 Å². The second-order valence-corrected chi connectivity index (χ2v) is 5.34. The summed E-state index contributed by atoms with van der Waals surface area (Å²) < 4.78 is 1.92. The molecule has 0 saturated heterocycles. The summed E-state index contributed by atoms with van der Waals surface area (Å²) in [5, 5.41) is 7.90. The quantitative estimate of drug-likeness (QED) is 0.808. The number of aromatic nitrogens is 2. The highest BCUT2D eigenvalue weighted by atomic mass is 15.3. The summed E-state index contributed by atoms with van der Waals surface area (Å²) in [7, 11) is 1.99. The molecule has 0 bridgehead atoms. The Morgan fingerprint density at radius 1 is 1.53 bits per heavy atom. The van der Waals surface area contributed by atoms with Gasteiger partial charge in [-0.3, -0.25) is 4.68 Å². The van der Waals surface area contributed by atoms with E-state index in [-0.39, 0.29) is 0 Å². The number of hydrogen-bond donors (Lipinski definition) is 1. The highest BCUT2D eigenvalue weighted by molar-refractivity contribution is 5.47. The summed E-state index contributed by atoms with van der Waals surface area (Å²) in [6.45, 7) is 6.81. The van der Waals surface area contributed by atoms with Crippen LogP contribution in [-0.2, 0) is 7.05 Å². The third-order valence-electron chi connectivity index (χ3n) is 3.82.